The van der Waals surface area contributed by atoms with Crippen molar-refractivity contribution >= 4 is 5.91 Å². The number of rotatable bonds is 2. The zero-order chi connectivity index (χ0) is 15.6. The summed E-state index contributed by atoms with van der Waals surface area (Å²) in [5, 5.41) is 0. The van der Waals surface area contributed by atoms with Gasteiger partial charge in [-0.1, -0.05) is 42.5 Å². The number of fused-ring (bicyclic) bond motifs is 1. The van der Waals surface area contributed by atoms with E-state index in [4.69, 9.17) is 4.74 Å². The van der Waals surface area contributed by atoms with Gasteiger partial charge in [0, 0.05) is 25.6 Å². The van der Waals surface area contributed by atoms with Crippen LogP contribution >= 0.6 is 0 Å². The smallest absolute Gasteiger partial charge is 0.226 e. The average molecular weight is 312 g/mol. The molecule has 0 unspecified atom stereocenters. The standard InChI is InChI=1S/C19H24N2O2/c22-19(16-8-4-5-9-16)20-10-11-21-17(12-20)13-23-14-18(21)15-6-2-1-3-7-15/h1-7,16-18H,8-14H2/t17-,18-/m1/s1. The first-order valence-electron chi connectivity index (χ1n) is 8.65. The summed E-state index contributed by atoms with van der Waals surface area (Å²) < 4.78 is 5.87. The van der Waals surface area contributed by atoms with Crippen LogP contribution in [0.5, 0.6) is 0 Å². The molecule has 4 nitrogen and oxygen atoms in total. The third-order valence-electron chi connectivity index (χ3n) is 5.37. The van der Waals surface area contributed by atoms with Gasteiger partial charge in [0.1, 0.15) is 0 Å². The van der Waals surface area contributed by atoms with Crippen LogP contribution in [0.1, 0.15) is 24.4 Å². The van der Waals surface area contributed by atoms with Crippen LogP contribution in [0.4, 0.5) is 0 Å². The minimum absolute atomic E-state index is 0.177. The summed E-state index contributed by atoms with van der Waals surface area (Å²) in [4.78, 5) is 17.3. The van der Waals surface area contributed by atoms with Crippen LogP contribution in [-0.2, 0) is 9.53 Å². The quantitative estimate of drug-likeness (QED) is 0.785. The van der Waals surface area contributed by atoms with Crippen molar-refractivity contribution in [3.63, 3.8) is 0 Å². The number of nitrogens with zero attached hydrogens (tertiary/aromatic N) is 2. The minimum Gasteiger partial charge on any atom is -0.378 e. The van der Waals surface area contributed by atoms with Crippen LogP contribution < -0.4 is 0 Å². The molecule has 1 amide bonds. The number of benzene rings is 1. The highest BCUT2D eigenvalue weighted by Gasteiger charge is 2.38. The molecule has 2 aliphatic heterocycles. The molecule has 3 aliphatic rings. The van der Waals surface area contributed by atoms with E-state index in [1.54, 1.807) is 0 Å². The molecule has 0 radical (unpaired) electrons. The first-order chi connectivity index (χ1) is 11.3. The Hall–Kier alpha value is -1.65. The van der Waals surface area contributed by atoms with Crippen molar-refractivity contribution in [3.05, 3.63) is 48.0 Å². The highest BCUT2D eigenvalue weighted by molar-refractivity contribution is 5.79. The summed E-state index contributed by atoms with van der Waals surface area (Å²) in [6, 6.07) is 11.2. The van der Waals surface area contributed by atoms with Crippen LogP contribution in [0.2, 0.25) is 0 Å². The highest BCUT2D eigenvalue weighted by Crippen LogP contribution is 2.30. The maximum absolute atomic E-state index is 12.7. The minimum atomic E-state index is 0.177. The van der Waals surface area contributed by atoms with E-state index in [0.29, 0.717) is 18.0 Å². The highest BCUT2D eigenvalue weighted by atomic mass is 16.5. The van der Waals surface area contributed by atoms with Crippen molar-refractivity contribution in [3.8, 4) is 0 Å². The van der Waals surface area contributed by atoms with E-state index >= 15 is 0 Å². The summed E-state index contributed by atoms with van der Waals surface area (Å²) in [6.45, 7) is 4.07. The van der Waals surface area contributed by atoms with E-state index in [0.717, 1.165) is 45.7 Å². The van der Waals surface area contributed by atoms with E-state index in [9.17, 15) is 4.79 Å². The lowest BCUT2D eigenvalue weighted by Gasteiger charge is -2.48. The molecular weight excluding hydrogens is 288 g/mol. The van der Waals surface area contributed by atoms with Crippen molar-refractivity contribution in [1.29, 1.82) is 0 Å². The number of morpholine rings is 1. The fourth-order valence-electron chi connectivity index (χ4n) is 4.08. The summed E-state index contributed by atoms with van der Waals surface area (Å²) in [7, 11) is 0. The van der Waals surface area contributed by atoms with Gasteiger partial charge in [0.05, 0.1) is 25.3 Å². The molecule has 0 spiro atoms. The Labute approximate surface area is 137 Å². The van der Waals surface area contributed by atoms with Crippen molar-refractivity contribution in [2.75, 3.05) is 32.8 Å². The molecule has 4 rings (SSSR count). The van der Waals surface area contributed by atoms with E-state index < -0.39 is 0 Å². The van der Waals surface area contributed by atoms with Gasteiger partial charge in [-0.25, -0.2) is 0 Å². The summed E-state index contributed by atoms with van der Waals surface area (Å²) >= 11 is 0. The second-order valence-electron chi connectivity index (χ2n) is 6.78. The zero-order valence-electron chi connectivity index (χ0n) is 13.4. The molecule has 2 heterocycles. The number of piperazine rings is 1. The maximum atomic E-state index is 12.7. The van der Waals surface area contributed by atoms with Crippen LogP contribution in [-0.4, -0.2) is 54.6 Å². The van der Waals surface area contributed by atoms with Crippen LogP contribution in [0, 0.1) is 5.92 Å². The number of carbonyl (C=O) groups is 1. The largest absolute Gasteiger partial charge is 0.378 e. The van der Waals surface area contributed by atoms with E-state index in [2.05, 4.69) is 52.3 Å². The number of hydrogen-bond acceptors (Lipinski definition) is 3. The Balaban J connectivity index is 1.45. The molecule has 122 valence electrons. The molecule has 0 bridgehead atoms. The number of ether oxygens (including phenoxy) is 1. The SMILES string of the molecule is O=C(C1CC=CC1)N1CCN2[C@@H](COC[C@@H]2c2ccccc2)C1. The van der Waals surface area contributed by atoms with E-state index in [1.165, 1.54) is 5.56 Å². The molecule has 2 fully saturated rings. The lowest BCUT2D eigenvalue weighted by molar-refractivity contribution is -0.143. The van der Waals surface area contributed by atoms with Gasteiger partial charge in [0.2, 0.25) is 5.91 Å². The normalized spacial score (nSPS) is 28.8. The maximum Gasteiger partial charge on any atom is 0.226 e. The van der Waals surface area contributed by atoms with Crippen molar-refractivity contribution in [2.24, 2.45) is 5.92 Å². The zero-order valence-corrected chi connectivity index (χ0v) is 13.4. The third-order valence-corrected chi connectivity index (χ3v) is 5.37. The molecule has 4 heteroatoms. The lowest BCUT2D eigenvalue weighted by Crippen LogP contribution is -2.60. The lowest BCUT2D eigenvalue weighted by atomic mass is 9.99. The van der Waals surface area contributed by atoms with Crippen molar-refractivity contribution in [2.45, 2.75) is 24.9 Å². The average Bonchev–Trinajstić information content (AvgIpc) is 3.15. The summed E-state index contributed by atoms with van der Waals surface area (Å²) in [5.74, 6) is 0.507. The number of allylic oxidation sites excluding steroid dienone is 2. The Morgan fingerprint density at radius 3 is 2.61 bits per heavy atom. The monoisotopic (exact) mass is 312 g/mol. The van der Waals surface area contributed by atoms with Crippen LogP contribution in [0.25, 0.3) is 0 Å². The van der Waals surface area contributed by atoms with Gasteiger partial charge in [0.25, 0.3) is 0 Å². The third kappa shape index (κ3) is 2.93. The van der Waals surface area contributed by atoms with Crippen molar-refractivity contribution in [1.82, 2.24) is 9.80 Å². The number of amides is 1. The van der Waals surface area contributed by atoms with Gasteiger partial charge in [-0.15, -0.1) is 0 Å². The van der Waals surface area contributed by atoms with E-state index in [1.807, 2.05) is 0 Å². The van der Waals surface area contributed by atoms with Gasteiger partial charge in [-0.2, -0.15) is 0 Å². The molecule has 0 saturated carbocycles. The fraction of sp³-hybridized carbons (Fsp3) is 0.526. The fourth-order valence-corrected chi connectivity index (χ4v) is 4.08. The summed E-state index contributed by atoms with van der Waals surface area (Å²) in [5.41, 5.74) is 1.32. The molecular formula is C19H24N2O2. The van der Waals surface area contributed by atoms with Gasteiger partial charge < -0.3 is 9.64 Å². The molecule has 1 aromatic rings. The predicted octanol–water partition coefficient (Wildman–Crippen LogP) is 2.24. The van der Waals surface area contributed by atoms with Crippen LogP contribution in [0.3, 0.4) is 0 Å². The molecule has 0 N–H and O–H groups in total. The summed E-state index contributed by atoms with van der Waals surface area (Å²) in [6.07, 6.45) is 6.08. The number of hydrogen-bond donors (Lipinski definition) is 0. The van der Waals surface area contributed by atoms with Gasteiger partial charge in [0.15, 0.2) is 0 Å². The molecule has 2 saturated heterocycles. The molecule has 0 aromatic heterocycles. The Morgan fingerprint density at radius 1 is 1.04 bits per heavy atom. The first kappa shape index (κ1) is 14.9. The molecule has 1 aliphatic carbocycles. The molecule has 23 heavy (non-hydrogen) atoms. The topological polar surface area (TPSA) is 32.8 Å². The molecule has 2 atom stereocenters. The van der Waals surface area contributed by atoms with E-state index in [-0.39, 0.29) is 5.92 Å². The van der Waals surface area contributed by atoms with Crippen molar-refractivity contribution < 1.29 is 9.53 Å². The predicted molar refractivity (Wildman–Crippen MR) is 88.9 cm³/mol. The first-order valence-corrected chi connectivity index (χ1v) is 8.65. The number of carbonyl (C=O) groups excluding carboxylic acids is 1. The second-order valence-corrected chi connectivity index (χ2v) is 6.78. The Morgan fingerprint density at radius 2 is 1.83 bits per heavy atom. The van der Waals surface area contributed by atoms with Crippen LogP contribution in [0.15, 0.2) is 42.5 Å². The molecule has 1 aromatic carbocycles. The van der Waals surface area contributed by atoms with Gasteiger partial charge >= 0.3 is 0 Å². The van der Waals surface area contributed by atoms with Gasteiger partial charge in [-0.3, -0.25) is 9.69 Å². The Kier molecular flexibility index (Phi) is 4.19. The second kappa shape index (κ2) is 6.46. The van der Waals surface area contributed by atoms with Gasteiger partial charge in [-0.05, 0) is 18.4 Å². The Bertz CT molecular complexity index is 578.